The Morgan fingerprint density at radius 1 is 0.929 bits per heavy atom. The summed E-state index contributed by atoms with van der Waals surface area (Å²) >= 11 is 7.65. The van der Waals surface area contributed by atoms with Crippen molar-refractivity contribution in [1.82, 2.24) is 0 Å². The maximum Gasteiger partial charge on any atom is 0.242 e. The summed E-state index contributed by atoms with van der Waals surface area (Å²) in [7, 11) is 3.05. The first-order chi connectivity index (χ1) is 13.6. The maximum atomic E-state index is 13.2. The third-order valence-electron chi connectivity index (χ3n) is 4.07. The molecule has 0 heterocycles. The standard InChI is InChI=1S/C22H20ClNO3S/c1-26-19-14-18(20(27-2)13-17(19)23)24-22(25)21(15-9-5-3-6-10-15)28-16-11-7-4-8-12-16/h3-14,21H,1-2H3,(H,24,25)/t21-/m0/s1. The molecule has 0 aliphatic rings. The lowest BCUT2D eigenvalue weighted by Gasteiger charge is -2.19. The Balaban J connectivity index is 1.92. The van der Waals surface area contributed by atoms with Crippen molar-refractivity contribution in [3.05, 3.63) is 83.4 Å². The van der Waals surface area contributed by atoms with E-state index in [4.69, 9.17) is 21.1 Å². The van der Waals surface area contributed by atoms with E-state index in [2.05, 4.69) is 5.32 Å². The molecule has 3 aromatic carbocycles. The molecule has 1 atom stereocenters. The first-order valence-electron chi connectivity index (χ1n) is 8.61. The van der Waals surface area contributed by atoms with E-state index in [1.807, 2.05) is 60.7 Å². The number of amides is 1. The Bertz CT molecular complexity index is 935. The summed E-state index contributed by atoms with van der Waals surface area (Å²) < 4.78 is 10.6. The van der Waals surface area contributed by atoms with E-state index in [0.717, 1.165) is 10.5 Å². The van der Waals surface area contributed by atoms with Crippen LogP contribution in [0, 0.1) is 0 Å². The average Bonchev–Trinajstić information content (AvgIpc) is 2.74. The van der Waals surface area contributed by atoms with Gasteiger partial charge in [-0.2, -0.15) is 0 Å². The smallest absolute Gasteiger partial charge is 0.242 e. The molecule has 1 N–H and O–H groups in total. The van der Waals surface area contributed by atoms with Crippen LogP contribution in [-0.4, -0.2) is 20.1 Å². The Labute approximate surface area is 173 Å². The molecule has 28 heavy (non-hydrogen) atoms. The summed E-state index contributed by atoms with van der Waals surface area (Å²) in [6.07, 6.45) is 0. The highest BCUT2D eigenvalue weighted by Gasteiger charge is 2.23. The summed E-state index contributed by atoms with van der Waals surface area (Å²) in [6, 6.07) is 22.8. The van der Waals surface area contributed by atoms with Crippen LogP contribution in [0.3, 0.4) is 0 Å². The van der Waals surface area contributed by atoms with Gasteiger partial charge in [-0.3, -0.25) is 4.79 Å². The summed E-state index contributed by atoms with van der Waals surface area (Å²) in [5, 5.41) is 2.94. The number of benzene rings is 3. The van der Waals surface area contributed by atoms with E-state index in [1.54, 1.807) is 12.1 Å². The SMILES string of the molecule is COc1cc(NC(=O)[C@@H](Sc2ccccc2)c2ccccc2)c(OC)cc1Cl. The lowest BCUT2D eigenvalue weighted by atomic mass is 10.1. The molecule has 0 aliphatic carbocycles. The number of anilines is 1. The second-order valence-corrected chi connectivity index (χ2v) is 7.48. The lowest BCUT2D eigenvalue weighted by molar-refractivity contribution is -0.115. The number of rotatable bonds is 7. The molecule has 0 saturated carbocycles. The summed E-state index contributed by atoms with van der Waals surface area (Å²) in [6.45, 7) is 0. The van der Waals surface area contributed by atoms with Crippen LogP contribution in [-0.2, 0) is 4.79 Å². The molecular formula is C22H20ClNO3S. The molecule has 1 amide bonds. The number of nitrogens with one attached hydrogen (secondary N) is 1. The van der Waals surface area contributed by atoms with E-state index in [-0.39, 0.29) is 5.91 Å². The van der Waals surface area contributed by atoms with Crippen LogP contribution in [0.5, 0.6) is 11.5 Å². The van der Waals surface area contributed by atoms with Crippen molar-refractivity contribution < 1.29 is 14.3 Å². The van der Waals surface area contributed by atoms with Crippen molar-refractivity contribution in [3.63, 3.8) is 0 Å². The molecule has 4 nitrogen and oxygen atoms in total. The van der Waals surface area contributed by atoms with Gasteiger partial charge in [0.05, 0.1) is 24.9 Å². The summed E-state index contributed by atoms with van der Waals surface area (Å²) in [5.74, 6) is 0.767. The van der Waals surface area contributed by atoms with Crippen LogP contribution in [0.2, 0.25) is 5.02 Å². The lowest BCUT2D eigenvalue weighted by Crippen LogP contribution is -2.19. The van der Waals surface area contributed by atoms with Crippen molar-refractivity contribution in [2.75, 3.05) is 19.5 Å². The number of halogens is 1. The van der Waals surface area contributed by atoms with Gasteiger partial charge in [-0.05, 0) is 17.7 Å². The Hall–Kier alpha value is -2.63. The molecule has 144 valence electrons. The molecule has 0 saturated heterocycles. The third-order valence-corrected chi connectivity index (χ3v) is 5.63. The molecule has 0 aromatic heterocycles. The highest BCUT2D eigenvalue weighted by atomic mass is 35.5. The molecule has 3 rings (SSSR count). The van der Waals surface area contributed by atoms with E-state index < -0.39 is 5.25 Å². The van der Waals surface area contributed by atoms with E-state index in [0.29, 0.717) is 22.2 Å². The fourth-order valence-electron chi connectivity index (χ4n) is 2.69. The van der Waals surface area contributed by atoms with Gasteiger partial charge < -0.3 is 14.8 Å². The normalized spacial score (nSPS) is 11.5. The minimum atomic E-state index is -0.435. The third kappa shape index (κ3) is 4.80. The number of methoxy groups -OCH3 is 2. The quantitative estimate of drug-likeness (QED) is 0.495. The molecule has 0 spiro atoms. The van der Waals surface area contributed by atoms with Gasteiger partial charge in [-0.15, -0.1) is 11.8 Å². The largest absolute Gasteiger partial charge is 0.495 e. The van der Waals surface area contributed by atoms with Crippen LogP contribution < -0.4 is 14.8 Å². The van der Waals surface area contributed by atoms with E-state index >= 15 is 0 Å². The first-order valence-corrected chi connectivity index (χ1v) is 9.87. The van der Waals surface area contributed by atoms with Gasteiger partial charge >= 0.3 is 0 Å². The average molecular weight is 414 g/mol. The van der Waals surface area contributed by atoms with Crippen LogP contribution in [0.4, 0.5) is 5.69 Å². The monoisotopic (exact) mass is 413 g/mol. The predicted octanol–water partition coefficient (Wildman–Crippen LogP) is 5.83. The number of carbonyl (C=O) groups is 1. The van der Waals surface area contributed by atoms with Gasteiger partial charge in [-0.1, -0.05) is 60.1 Å². The zero-order valence-electron chi connectivity index (χ0n) is 15.5. The molecule has 0 bridgehead atoms. The van der Waals surface area contributed by atoms with Crippen molar-refractivity contribution in [1.29, 1.82) is 0 Å². The number of hydrogen-bond acceptors (Lipinski definition) is 4. The van der Waals surface area contributed by atoms with Crippen LogP contribution in [0.25, 0.3) is 0 Å². The number of carbonyl (C=O) groups excluding carboxylic acids is 1. The minimum Gasteiger partial charge on any atom is -0.495 e. The van der Waals surface area contributed by atoms with Crippen molar-refractivity contribution in [2.24, 2.45) is 0 Å². The molecule has 0 unspecified atom stereocenters. The van der Waals surface area contributed by atoms with Gasteiger partial charge in [0.25, 0.3) is 0 Å². The minimum absolute atomic E-state index is 0.164. The Kier molecular flexibility index (Phi) is 6.85. The van der Waals surface area contributed by atoms with Crippen LogP contribution in [0.1, 0.15) is 10.8 Å². The van der Waals surface area contributed by atoms with E-state index in [9.17, 15) is 4.79 Å². The van der Waals surface area contributed by atoms with Gasteiger partial charge in [-0.25, -0.2) is 0 Å². The van der Waals surface area contributed by atoms with Crippen molar-refractivity contribution in [3.8, 4) is 11.5 Å². The Morgan fingerprint density at radius 3 is 2.14 bits per heavy atom. The van der Waals surface area contributed by atoms with Gasteiger partial charge in [0.15, 0.2) is 0 Å². The second kappa shape index (κ2) is 9.53. The zero-order valence-corrected chi connectivity index (χ0v) is 17.1. The van der Waals surface area contributed by atoms with Crippen LogP contribution in [0.15, 0.2) is 77.7 Å². The Morgan fingerprint density at radius 2 is 1.54 bits per heavy atom. The van der Waals surface area contributed by atoms with Crippen molar-refractivity contribution >= 4 is 35.0 Å². The highest BCUT2D eigenvalue weighted by molar-refractivity contribution is 8.00. The fraction of sp³-hybridized carbons (Fsp3) is 0.136. The predicted molar refractivity (Wildman–Crippen MR) is 115 cm³/mol. The zero-order chi connectivity index (χ0) is 19.9. The van der Waals surface area contributed by atoms with E-state index in [1.165, 1.54) is 26.0 Å². The highest BCUT2D eigenvalue weighted by Crippen LogP contribution is 2.39. The molecule has 6 heteroatoms. The maximum absolute atomic E-state index is 13.2. The topological polar surface area (TPSA) is 47.6 Å². The number of thioether (sulfide) groups is 1. The van der Waals surface area contributed by atoms with Gasteiger partial charge in [0.1, 0.15) is 16.7 Å². The molecule has 0 fully saturated rings. The summed E-state index contributed by atoms with van der Waals surface area (Å²) in [5.41, 5.74) is 1.41. The number of ether oxygens (including phenoxy) is 2. The first kappa shape index (κ1) is 20.1. The summed E-state index contributed by atoms with van der Waals surface area (Å²) in [4.78, 5) is 14.2. The molecule has 0 aliphatic heterocycles. The van der Waals surface area contributed by atoms with Crippen LogP contribution >= 0.6 is 23.4 Å². The number of hydrogen-bond donors (Lipinski definition) is 1. The fourth-order valence-corrected chi connectivity index (χ4v) is 3.97. The molecule has 3 aromatic rings. The van der Waals surface area contributed by atoms with Gasteiger partial charge in [0, 0.05) is 17.0 Å². The molecular weight excluding hydrogens is 394 g/mol. The second-order valence-electron chi connectivity index (χ2n) is 5.90. The van der Waals surface area contributed by atoms with Gasteiger partial charge in [0.2, 0.25) is 5.91 Å². The molecule has 0 radical (unpaired) electrons. The van der Waals surface area contributed by atoms with Crippen molar-refractivity contribution in [2.45, 2.75) is 10.1 Å².